The average Bonchev–Trinajstić information content (AvgIpc) is 2.18. The first-order valence-corrected chi connectivity index (χ1v) is 5.17. The fraction of sp³-hybridized carbons (Fsp3) is 0.333. The van der Waals surface area contributed by atoms with Crippen LogP contribution in [0.3, 0.4) is 0 Å². The molecule has 15 heavy (non-hydrogen) atoms. The summed E-state index contributed by atoms with van der Waals surface area (Å²) in [4.78, 5) is 14.4. The molecular weight excluding hydrogens is 262 g/mol. The number of aromatic nitrogens is 1. The summed E-state index contributed by atoms with van der Waals surface area (Å²) in [5, 5.41) is 3.02. The van der Waals surface area contributed by atoms with Gasteiger partial charge in [-0.05, 0) is 34.5 Å². The van der Waals surface area contributed by atoms with Crippen LogP contribution < -0.4 is 11.1 Å². The van der Waals surface area contributed by atoms with E-state index in [0.717, 1.165) is 15.9 Å². The van der Waals surface area contributed by atoms with E-state index in [2.05, 4.69) is 31.0 Å². The molecule has 1 aromatic heterocycles. The number of pyridine rings is 1. The zero-order chi connectivity index (χ0) is 11.3. The Morgan fingerprint density at radius 3 is 3.13 bits per heavy atom. The molecule has 6 heteroatoms. The molecule has 0 aliphatic heterocycles. The van der Waals surface area contributed by atoms with Gasteiger partial charge in [-0.1, -0.05) is 0 Å². The van der Waals surface area contributed by atoms with Crippen molar-refractivity contribution in [3.63, 3.8) is 0 Å². The van der Waals surface area contributed by atoms with Gasteiger partial charge in [0.05, 0.1) is 11.0 Å². The maximum absolute atomic E-state index is 10.3. The molecule has 1 heterocycles. The lowest BCUT2D eigenvalue weighted by atomic mass is 10.3. The van der Waals surface area contributed by atoms with Crippen LogP contribution in [0, 0.1) is 6.92 Å². The van der Waals surface area contributed by atoms with E-state index in [1.165, 1.54) is 0 Å². The maximum Gasteiger partial charge on any atom is 0.404 e. The summed E-state index contributed by atoms with van der Waals surface area (Å²) in [6, 6.07) is 1.90. The van der Waals surface area contributed by atoms with E-state index in [1.807, 2.05) is 13.0 Å². The third-order valence-electron chi connectivity index (χ3n) is 1.72. The van der Waals surface area contributed by atoms with E-state index in [9.17, 15) is 4.79 Å². The topological polar surface area (TPSA) is 77.2 Å². The minimum atomic E-state index is -0.770. The molecule has 0 radical (unpaired) electrons. The lowest BCUT2D eigenvalue weighted by molar-refractivity contribution is 0.161. The standard InChI is InChI=1S/C9H12BrN3O2/c1-6-2-3-12-8(7(6)10)13-4-5-15-9(11)14/h2-3H,4-5H2,1H3,(H2,11,14)(H,12,13). The van der Waals surface area contributed by atoms with Crippen molar-refractivity contribution < 1.29 is 9.53 Å². The Hall–Kier alpha value is -1.30. The van der Waals surface area contributed by atoms with Crippen molar-refractivity contribution in [1.29, 1.82) is 0 Å². The molecule has 0 aliphatic carbocycles. The summed E-state index contributed by atoms with van der Waals surface area (Å²) < 4.78 is 5.47. The molecule has 0 fully saturated rings. The molecular formula is C9H12BrN3O2. The van der Waals surface area contributed by atoms with Crippen LogP contribution in [0.1, 0.15) is 5.56 Å². The van der Waals surface area contributed by atoms with Gasteiger partial charge >= 0.3 is 6.09 Å². The number of amides is 1. The number of nitrogens with one attached hydrogen (secondary N) is 1. The second-order valence-electron chi connectivity index (χ2n) is 2.88. The smallest absolute Gasteiger partial charge is 0.404 e. The molecule has 82 valence electrons. The molecule has 1 rings (SSSR count). The summed E-state index contributed by atoms with van der Waals surface area (Å²) >= 11 is 3.40. The number of ether oxygens (including phenoxy) is 1. The highest BCUT2D eigenvalue weighted by Gasteiger charge is 2.02. The molecule has 0 bridgehead atoms. The van der Waals surface area contributed by atoms with Crippen molar-refractivity contribution >= 4 is 27.8 Å². The summed E-state index contributed by atoms with van der Waals surface area (Å²) in [5.74, 6) is 0.725. The van der Waals surface area contributed by atoms with Crippen LogP contribution in [-0.4, -0.2) is 24.2 Å². The van der Waals surface area contributed by atoms with Gasteiger partial charge in [0.15, 0.2) is 0 Å². The molecule has 0 aromatic carbocycles. The Balaban J connectivity index is 2.44. The van der Waals surface area contributed by atoms with Crippen molar-refractivity contribution in [2.75, 3.05) is 18.5 Å². The molecule has 0 saturated carbocycles. The minimum Gasteiger partial charge on any atom is -0.448 e. The average molecular weight is 274 g/mol. The molecule has 5 nitrogen and oxygen atoms in total. The van der Waals surface area contributed by atoms with Gasteiger partial charge in [-0.25, -0.2) is 9.78 Å². The number of primary amides is 1. The maximum atomic E-state index is 10.3. The van der Waals surface area contributed by atoms with Gasteiger partial charge in [-0.2, -0.15) is 0 Å². The van der Waals surface area contributed by atoms with Crippen molar-refractivity contribution in [1.82, 2.24) is 4.98 Å². The first kappa shape index (κ1) is 11.8. The Morgan fingerprint density at radius 1 is 1.73 bits per heavy atom. The molecule has 0 aliphatic rings. The molecule has 1 amide bonds. The second kappa shape index (κ2) is 5.55. The molecule has 0 saturated heterocycles. The largest absolute Gasteiger partial charge is 0.448 e. The highest BCUT2D eigenvalue weighted by molar-refractivity contribution is 9.10. The fourth-order valence-corrected chi connectivity index (χ4v) is 1.36. The number of anilines is 1. The van der Waals surface area contributed by atoms with E-state index < -0.39 is 6.09 Å². The third kappa shape index (κ3) is 3.75. The van der Waals surface area contributed by atoms with Crippen molar-refractivity contribution in [3.8, 4) is 0 Å². The van der Waals surface area contributed by atoms with E-state index >= 15 is 0 Å². The number of hydrogen-bond acceptors (Lipinski definition) is 4. The van der Waals surface area contributed by atoms with Crippen LogP contribution in [0.2, 0.25) is 0 Å². The van der Waals surface area contributed by atoms with Crippen LogP contribution in [0.15, 0.2) is 16.7 Å². The van der Waals surface area contributed by atoms with Gasteiger partial charge < -0.3 is 15.8 Å². The predicted molar refractivity (Wildman–Crippen MR) is 60.7 cm³/mol. The summed E-state index contributed by atoms with van der Waals surface area (Å²) in [6.45, 7) is 2.66. The zero-order valence-corrected chi connectivity index (χ0v) is 9.87. The number of hydrogen-bond donors (Lipinski definition) is 2. The highest BCUT2D eigenvalue weighted by Crippen LogP contribution is 2.22. The van der Waals surface area contributed by atoms with Crippen LogP contribution in [0.5, 0.6) is 0 Å². The van der Waals surface area contributed by atoms with Crippen molar-refractivity contribution in [2.24, 2.45) is 5.73 Å². The van der Waals surface area contributed by atoms with Gasteiger partial charge in [0.2, 0.25) is 0 Å². The molecule has 0 unspecified atom stereocenters. The minimum absolute atomic E-state index is 0.220. The number of nitrogens with two attached hydrogens (primary N) is 1. The van der Waals surface area contributed by atoms with E-state index in [4.69, 9.17) is 5.73 Å². The first-order valence-electron chi connectivity index (χ1n) is 4.38. The summed E-state index contributed by atoms with van der Waals surface area (Å²) in [5.41, 5.74) is 5.90. The number of carbonyl (C=O) groups is 1. The van der Waals surface area contributed by atoms with E-state index in [-0.39, 0.29) is 6.61 Å². The Labute approximate surface area is 96.1 Å². The Bertz CT molecular complexity index is 357. The number of rotatable bonds is 4. The first-order chi connectivity index (χ1) is 7.11. The zero-order valence-electron chi connectivity index (χ0n) is 8.29. The quantitative estimate of drug-likeness (QED) is 0.818. The number of carbonyl (C=O) groups excluding carboxylic acids is 1. The summed E-state index contributed by atoms with van der Waals surface area (Å²) in [6.07, 6.45) is 0.935. The van der Waals surface area contributed by atoms with Crippen molar-refractivity contribution in [3.05, 3.63) is 22.3 Å². The van der Waals surface area contributed by atoms with Gasteiger partial charge in [0, 0.05) is 6.20 Å². The molecule has 1 aromatic rings. The van der Waals surface area contributed by atoms with Crippen LogP contribution in [0.4, 0.5) is 10.6 Å². The van der Waals surface area contributed by atoms with Gasteiger partial charge in [0.1, 0.15) is 12.4 Å². The number of nitrogens with zero attached hydrogens (tertiary/aromatic N) is 1. The van der Waals surface area contributed by atoms with Gasteiger partial charge in [-0.15, -0.1) is 0 Å². The predicted octanol–water partition coefficient (Wildman–Crippen LogP) is 1.66. The highest BCUT2D eigenvalue weighted by atomic mass is 79.9. The van der Waals surface area contributed by atoms with Crippen molar-refractivity contribution in [2.45, 2.75) is 6.92 Å². The SMILES string of the molecule is Cc1ccnc(NCCOC(N)=O)c1Br. The lowest BCUT2D eigenvalue weighted by Gasteiger charge is -2.08. The van der Waals surface area contributed by atoms with Crippen LogP contribution >= 0.6 is 15.9 Å². The van der Waals surface area contributed by atoms with E-state index in [1.54, 1.807) is 6.20 Å². The summed E-state index contributed by atoms with van der Waals surface area (Å²) in [7, 11) is 0. The number of halogens is 1. The fourth-order valence-electron chi connectivity index (χ4n) is 0.985. The van der Waals surface area contributed by atoms with Crippen LogP contribution in [-0.2, 0) is 4.74 Å². The second-order valence-corrected chi connectivity index (χ2v) is 3.68. The lowest BCUT2D eigenvalue weighted by Crippen LogP contribution is -2.18. The molecule has 0 spiro atoms. The Morgan fingerprint density at radius 2 is 2.47 bits per heavy atom. The molecule has 3 N–H and O–H groups in total. The Kier molecular flexibility index (Phi) is 4.36. The third-order valence-corrected chi connectivity index (χ3v) is 2.72. The number of aryl methyl sites for hydroxylation is 1. The van der Waals surface area contributed by atoms with Crippen LogP contribution in [0.25, 0.3) is 0 Å². The van der Waals surface area contributed by atoms with Gasteiger partial charge in [-0.3, -0.25) is 0 Å². The van der Waals surface area contributed by atoms with E-state index in [0.29, 0.717) is 6.54 Å². The normalized spacial score (nSPS) is 9.73. The molecule has 0 atom stereocenters. The monoisotopic (exact) mass is 273 g/mol. The van der Waals surface area contributed by atoms with Gasteiger partial charge in [0.25, 0.3) is 0 Å².